The standard InChI is InChI=1S/C14H22N4O/c1-2-14(16-12-3-7-15-8-4-12)18-17-13(1)11-5-9-19-10-6-11/h1-2,11-12,15H,3-10H2,(H,16,18). The SMILES string of the molecule is c1cc(C2CCOCC2)nnc1NC1CCNCC1. The van der Waals surface area contributed by atoms with Crippen molar-refractivity contribution in [3.05, 3.63) is 17.8 Å². The zero-order chi connectivity index (χ0) is 12.9. The molecule has 19 heavy (non-hydrogen) atoms. The molecule has 3 heterocycles. The van der Waals surface area contributed by atoms with Crippen LogP contribution in [0.4, 0.5) is 5.82 Å². The minimum Gasteiger partial charge on any atom is -0.381 e. The third kappa shape index (κ3) is 3.42. The van der Waals surface area contributed by atoms with Crippen LogP contribution in [0.1, 0.15) is 37.3 Å². The lowest BCUT2D eigenvalue weighted by molar-refractivity contribution is 0.0843. The van der Waals surface area contributed by atoms with Gasteiger partial charge in [0, 0.05) is 25.2 Å². The third-order valence-corrected chi connectivity index (χ3v) is 4.02. The van der Waals surface area contributed by atoms with Crippen molar-refractivity contribution in [2.75, 3.05) is 31.6 Å². The van der Waals surface area contributed by atoms with E-state index in [1.54, 1.807) is 0 Å². The van der Waals surface area contributed by atoms with Gasteiger partial charge < -0.3 is 15.4 Å². The van der Waals surface area contributed by atoms with Crippen LogP contribution in [0.5, 0.6) is 0 Å². The van der Waals surface area contributed by atoms with Gasteiger partial charge in [-0.3, -0.25) is 0 Å². The first-order valence-corrected chi connectivity index (χ1v) is 7.30. The van der Waals surface area contributed by atoms with Crippen LogP contribution in [0.2, 0.25) is 0 Å². The summed E-state index contributed by atoms with van der Waals surface area (Å²) in [5, 5.41) is 15.5. The number of anilines is 1. The second-order valence-electron chi connectivity index (χ2n) is 5.40. The first kappa shape index (κ1) is 12.8. The normalized spacial score (nSPS) is 22.3. The second kappa shape index (κ2) is 6.30. The Morgan fingerprint density at radius 3 is 2.53 bits per heavy atom. The molecule has 2 fully saturated rings. The molecule has 0 atom stereocenters. The fourth-order valence-electron chi connectivity index (χ4n) is 2.81. The van der Waals surface area contributed by atoms with Crippen LogP contribution >= 0.6 is 0 Å². The highest BCUT2D eigenvalue weighted by molar-refractivity contribution is 5.35. The van der Waals surface area contributed by atoms with Gasteiger partial charge >= 0.3 is 0 Å². The van der Waals surface area contributed by atoms with E-state index in [1.165, 1.54) is 0 Å². The van der Waals surface area contributed by atoms with Gasteiger partial charge in [-0.25, -0.2) is 0 Å². The van der Waals surface area contributed by atoms with E-state index in [0.29, 0.717) is 12.0 Å². The van der Waals surface area contributed by atoms with Crippen LogP contribution in [-0.2, 0) is 4.74 Å². The van der Waals surface area contributed by atoms with Gasteiger partial charge in [-0.1, -0.05) is 0 Å². The molecule has 2 N–H and O–H groups in total. The molecule has 1 aromatic rings. The van der Waals surface area contributed by atoms with E-state index in [1.807, 2.05) is 0 Å². The highest BCUT2D eigenvalue weighted by Gasteiger charge is 2.18. The summed E-state index contributed by atoms with van der Waals surface area (Å²) in [6.45, 7) is 3.87. The number of nitrogens with one attached hydrogen (secondary N) is 2. The lowest BCUT2D eigenvalue weighted by atomic mass is 9.96. The maximum atomic E-state index is 5.38. The van der Waals surface area contributed by atoms with E-state index in [-0.39, 0.29) is 0 Å². The molecule has 1 aromatic heterocycles. The van der Waals surface area contributed by atoms with Gasteiger partial charge in [0.25, 0.3) is 0 Å². The van der Waals surface area contributed by atoms with Gasteiger partial charge in [-0.15, -0.1) is 5.10 Å². The van der Waals surface area contributed by atoms with E-state index >= 15 is 0 Å². The molecule has 0 unspecified atom stereocenters. The number of aromatic nitrogens is 2. The van der Waals surface area contributed by atoms with Crippen molar-refractivity contribution >= 4 is 5.82 Å². The minimum atomic E-state index is 0.522. The van der Waals surface area contributed by atoms with Crippen LogP contribution in [0, 0.1) is 0 Å². The summed E-state index contributed by atoms with van der Waals surface area (Å²) >= 11 is 0. The van der Waals surface area contributed by atoms with Gasteiger partial charge in [0.2, 0.25) is 0 Å². The van der Waals surface area contributed by atoms with Gasteiger partial charge in [0.1, 0.15) is 5.82 Å². The Morgan fingerprint density at radius 2 is 1.84 bits per heavy atom. The summed E-state index contributed by atoms with van der Waals surface area (Å²) in [6.07, 6.45) is 4.44. The summed E-state index contributed by atoms with van der Waals surface area (Å²) in [5.74, 6) is 1.43. The number of hydrogen-bond acceptors (Lipinski definition) is 5. The largest absolute Gasteiger partial charge is 0.381 e. The van der Waals surface area contributed by atoms with Crippen LogP contribution in [-0.4, -0.2) is 42.5 Å². The summed E-state index contributed by atoms with van der Waals surface area (Å²) < 4.78 is 5.38. The molecule has 5 nitrogen and oxygen atoms in total. The van der Waals surface area contributed by atoms with E-state index in [2.05, 4.69) is 33.0 Å². The average molecular weight is 262 g/mol. The van der Waals surface area contributed by atoms with Crippen molar-refractivity contribution in [1.82, 2.24) is 15.5 Å². The first-order chi connectivity index (χ1) is 9.42. The molecule has 0 radical (unpaired) electrons. The Bertz CT molecular complexity index is 383. The molecule has 0 amide bonds. The Labute approximate surface area is 114 Å². The second-order valence-corrected chi connectivity index (χ2v) is 5.40. The topological polar surface area (TPSA) is 59.1 Å². The Kier molecular flexibility index (Phi) is 4.25. The molecular weight excluding hydrogens is 240 g/mol. The Morgan fingerprint density at radius 1 is 1.05 bits per heavy atom. The van der Waals surface area contributed by atoms with Crippen LogP contribution in [0.15, 0.2) is 12.1 Å². The first-order valence-electron chi connectivity index (χ1n) is 7.30. The maximum absolute atomic E-state index is 5.38. The molecule has 5 heteroatoms. The van der Waals surface area contributed by atoms with E-state index in [9.17, 15) is 0 Å². The zero-order valence-corrected chi connectivity index (χ0v) is 11.3. The minimum absolute atomic E-state index is 0.522. The monoisotopic (exact) mass is 262 g/mol. The predicted octanol–water partition coefficient (Wildman–Crippen LogP) is 1.53. The van der Waals surface area contributed by atoms with Gasteiger partial charge in [0.05, 0.1) is 5.69 Å². The number of piperidine rings is 1. The highest BCUT2D eigenvalue weighted by atomic mass is 16.5. The van der Waals surface area contributed by atoms with Crippen molar-refractivity contribution in [3.63, 3.8) is 0 Å². The van der Waals surface area contributed by atoms with Crippen LogP contribution in [0.3, 0.4) is 0 Å². The molecular formula is C14H22N4O. The van der Waals surface area contributed by atoms with Gasteiger partial charge in [0.15, 0.2) is 0 Å². The molecule has 2 aliphatic rings. The Balaban J connectivity index is 1.58. The Hall–Kier alpha value is -1.20. The van der Waals surface area contributed by atoms with Crippen molar-refractivity contribution in [3.8, 4) is 0 Å². The fraction of sp³-hybridized carbons (Fsp3) is 0.714. The van der Waals surface area contributed by atoms with Gasteiger partial charge in [-0.2, -0.15) is 5.10 Å². The number of hydrogen-bond donors (Lipinski definition) is 2. The molecule has 0 aliphatic carbocycles. The lowest BCUT2D eigenvalue weighted by Crippen LogP contribution is -2.35. The summed E-state index contributed by atoms with van der Waals surface area (Å²) in [6, 6.07) is 4.72. The van der Waals surface area contributed by atoms with Crippen molar-refractivity contribution in [2.24, 2.45) is 0 Å². The van der Waals surface area contributed by atoms with Crippen molar-refractivity contribution in [1.29, 1.82) is 0 Å². The smallest absolute Gasteiger partial charge is 0.148 e. The maximum Gasteiger partial charge on any atom is 0.148 e. The number of rotatable bonds is 3. The summed E-state index contributed by atoms with van der Waals surface area (Å²) in [5.41, 5.74) is 1.11. The third-order valence-electron chi connectivity index (χ3n) is 4.02. The molecule has 0 bridgehead atoms. The van der Waals surface area contributed by atoms with E-state index in [0.717, 1.165) is 63.5 Å². The molecule has 0 spiro atoms. The highest BCUT2D eigenvalue weighted by Crippen LogP contribution is 2.25. The van der Waals surface area contributed by atoms with Crippen molar-refractivity contribution < 1.29 is 4.74 Å². The molecule has 2 aliphatic heterocycles. The van der Waals surface area contributed by atoms with E-state index in [4.69, 9.17) is 4.74 Å². The number of ether oxygens (including phenoxy) is 1. The molecule has 3 rings (SSSR count). The van der Waals surface area contributed by atoms with Crippen LogP contribution < -0.4 is 10.6 Å². The van der Waals surface area contributed by atoms with E-state index < -0.39 is 0 Å². The summed E-state index contributed by atoms with van der Waals surface area (Å²) in [4.78, 5) is 0. The molecule has 2 saturated heterocycles. The predicted molar refractivity (Wildman–Crippen MR) is 74.3 cm³/mol. The van der Waals surface area contributed by atoms with Crippen molar-refractivity contribution in [2.45, 2.75) is 37.6 Å². The summed E-state index contributed by atoms with van der Waals surface area (Å²) in [7, 11) is 0. The lowest BCUT2D eigenvalue weighted by Gasteiger charge is -2.24. The zero-order valence-electron chi connectivity index (χ0n) is 11.3. The van der Waals surface area contributed by atoms with Gasteiger partial charge in [-0.05, 0) is 50.9 Å². The molecule has 104 valence electrons. The molecule has 0 saturated carbocycles. The average Bonchev–Trinajstić information content (AvgIpc) is 2.50. The number of nitrogens with zero attached hydrogens (tertiary/aromatic N) is 2. The molecule has 0 aromatic carbocycles. The van der Waals surface area contributed by atoms with Crippen LogP contribution in [0.25, 0.3) is 0 Å². The fourth-order valence-corrected chi connectivity index (χ4v) is 2.81. The quantitative estimate of drug-likeness (QED) is 0.865.